The predicted molar refractivity (Wildman–Crippen MR) is 289 cm³/mol. The van der Waals surface area contributed by atoms with E-state index in [1.807, 2.05) is 0 Å². The van der Waals surface area contributed by atoms with E-state index in [4.69, 9.17) is 15.0 Å². The van der Waals surface area contributed by atoms with Crippen LogP contribution >= 0.6 is 22.7 Å². The first-order valence-corrected chi connectivity index (χ1v) is 26.8. The van der Waals surface area contributed by atoms with Gasteiger partial charge in [-0.3, -0.25) is 19.2 Å². The van der Waals surface area contributed by atoms with E-state index in [2.05, 4.69) is 20.0 Å². The number of nitrogens with zero attached hydrogens (tertiary/aromatic N) is 5. The number of halogens is 6. The first-order chi connectivity index (χ1) is 36.1. The average Bonchev–Trinajstić information content (AvgIpc) is 4.02. The number of esters is 2. The standard InChI is InChI=1S/C27H35F3N4O5S.C27H36F3NO6S.CH4/c1-15-7-6-8-18(27(28,29)30)9-10-20(16(2)11-19-14-40-22(33-19)13-32-34-31)39-23(36)12-21(35)26(4,5)25(38)17(3)24(15)37;1-15-7-6-8-18(27(28,29)30)9-10-20(16(2)11-19-14-38-22(13-32)31-19)37-23(34)12-21(33)26(4,5)25(36)17(3)24(15)35;/h6-7,9,11,14-15,17,20-21,24,35,37H,8,10,12-13H2,1-5H3;6-7,9,11,14-15,17,20-21,24,32-33,35H,8,10,12-13H2,1-5H3;1H4/b2*7-6+,16-11+,18-9+;/t2*15-,17+,20?,21-,24-;/m00./s1. The zero-order valence-electron chi connectivity index (χ0n) is 45.2. The minimum atomic E-state index is -4.65. The summed E-state index contributed by atoms with van der Waals surface area (Å²) in [6.45, 7) is 15.0. The van der Waals surface area contributed by atoms with Gasteiger partial charge in [0.1, 0.15) is 28.8 Å². The van der Waals surface area contributed by atoms with Crippen LogP contribution in [0.2, 0.25) is 0 Å². The van der Waals surface area contributed by atoms with E-state index >= 15 is 0 Å². The van der Waals surface area contributed by atoms with Crippen molar-refractivity contribution in [3.05, 3.63) is 101 Å². The van der Waals surface area contributed by atoms with Crippen LogP contribution in [0, 0.1) is 34.5 Å². The fraction of sp³-hybridized carbons (Fsp3) is 0.600. The van der Waals surface area contributed by atoms with E-state index in [-0.39, 0.29) is 33.4 Å². The number of ketones is 2. The lowest BCUT2D eigenvalue weighted by molar-refractivity contribution is -0.155. The third-order valence-electron chi connectivity index (χ3n) is 13.9. The van der Waals surface area contributed by atoms with Gasteiger partial charge in [-0.15, -0.1) is 22.7 Å². The molecule has 0 fully saturated rings. The highest BCUT2D eigenvalue weighted by Crippen LogP contribution is 2.36. The highest BCUT2D eigenvalue weighted by Gasteiger charge is 2.44. The molecule has 4 rings (SSSR count). The molecule has 2 aliphatic heterocycles. The van der Waals surface area contributed by atoms with Crippen molar-refractivity contribution < 1.29 is 80.5 Å². The molecule has 0 spiro atoms. The van der Waals surface area contributed by atoms with Crippen molar-refractivity contribution in [1.29, 1.82) is 0 Å². The second-order valence-corrected chi connectivity index (χ2v) is 22.6. The molecular weight excluding hydrogens is 1080 g/mol. The number of thiazole rings is 2. The van der Waals surface area contributed by atoms with Crippen molar-refractivity contribution in [2.45, 2.75) is 177 Å². The normalized spacial score (nSPS) is 29.8. The number of carbonyl (C=O) groups is 4. The molecule has 0 aromatic carbocycles. The number of rotatable bonds is 7. The lowest BCUT2D eigenvalue weighted by Crippen LogP contribution is -2.45. The van der Waals surface area contributed by atoms with Crippen LogP contribution in [0.15, 0.2) is 74.6 Å². The third kappa shape index (κ3) is 20.6. The summed E-state index contributed by atoms with van der Waals surface area (Å²) in [5, 5.41) is 59.9. The molecule has 0 saturated carbocycles. The molecule has 2 aliphatic rings. The molecule has 440 valence electrons. The van der Waals surface area contributed by atoms with E-state index < -0.39 is 144 Å². The molecule has 16 nitrogen and oxygen atoms in total. The average molecular weight is 1160 g/mol. The van der Waals surface area contributed by atoms with Crippen LogP contribution in [0.1, 0.15) is 137 Å². The highest BCUT2D eigenvalue weighted by atomic mass is 32.1. The molecular formula is C55H75F6N5O11S2. The molecule has 4 heterocycles. The molecule has 0 amide bonds. The van der Waals surface area contributed by atoms with Crippen LogP contribution in [-0.4, -0.2) is 108 Å². The highest BCUT2D eigenvalue weighted by molar-refractivity contribution is 7.10. The van der Waals surface area contributed by atoms with Gasteiger partial charge in [-0.25, -0.2) is 9.97 Å². The first kappa shape index (κ1) is 69.8. The second kappa shape index (κ2) is 30.5. The molecule has 0 saturated heterocycles. The van der Waals surface area contributed by atoms with E-state index in [9.17, 15) is 71.1 Å². The van der Waals surface area contributed by atoms with Crippen LogP contribution in [0.4, 0.5) is 26.3 Å². The lowest BCUT2D eigenvalue weighted by atomic mass is 9.73. The van der Waals surface area contributed by atoms with E-state index in [1.54, 1.807) is 50.6 Å². The van der Waals surface area contributed by atoms with Crippen molar-refractivity contribution >= 4 is 58.3 Å². The Morgan fingerprint density at radius 3 is 1.42 bits per heavy atom. The summed E-state index contributed by atoms with van der Waals surface area (Å²) in [4.78, 5) is 63.1. The number of aliphatic hydroxyl groups is 5. The van der Waals surface area contributed by atoms with E-state index in [0.717, 1.165) is 12.2 Å². The zero-order valence-corrected chi connectivity index (χ0v) is 46.8. The summed E-state index contributed by atoms with van der Waals surface area (Å²) in [7, 11) is 0. The Bertz CT molecular complexity index is 2630. The third-order valence-corrected chi connectivity index (χ3v) is 15.6. The fourth-order valence-electron chi connectivity index (χ4n) is 8.46. The molecule has 10 atom stereocenters. The summed E-state index contributed by atoms with van der Waals surface area (Å²) in [5.74, 6) is -5.93. The maximum atomic E-state index is 13.8. The SMILES string of the molecule is C.C/C(=C\c1csc(CN=[N+]=[N-])n1)C1C/C=C(/C(F)(F)F)C/C=C/[C@H](C)[C@H](O)[C@@H](C)C(=O)C(C)(C)[C@@H](O)CC(=O)O1.C/C(=C\c1csc(CO)n1)C1C/C=C(/C(F)(F)F)C/C=C/[C@H](C)[C@H](O)[C@@H](C)C(=O)C(C)(C)[C@@H](O)CC(=O)O1. The van der Waals surface area contributed by atoms with Gasteiger partial charge in [0.15, 0.2) is 0 Å². The topological polar surface area (TPSA) is 262 Å². The summed E-state index contributed by atoms with van der Waals surface area (Å²) in [6, 6.07) is 0. The second-order valence-electron chi connectivity index (χ2n) is 20.7. The van der Waals surface area contributed by atoms with Gasteiger partial charge in [0, 0.05) is 63.3 Å². The van der Waals surface area contributed by atoms with Crippen molar-refractivity contribution in [3.8, 4) is 0 Å². The predicted octanol–water partition coefficient (Wildman–Crippen LogP) is 11.5. The van der Waals surface area contributed by atoms with Gasteiger partial charge in [0.25, 0.3) is 0 Å². The number of carbonyl (C=O) groups excluding carboxylic acids is 4. The number of hydrogen-bond donors (Lipinski definition) is 5. The molecule has 2 aromatic rings. The molecule has 0 radical (unpaired) electrons. The van der Waals surface area contributed by atoms with Gasteiger partial charge in [0.2, 0.25) is 0 Å². The quantitative estimate of drug-likeness (QED) is 0.0432. The number of hydrogen-bond acceptors (Lipinski definition) is 16. The molecule has 2 aromatic heterocycles. The molecule has 5 N–H and O–H groups in total. The van der Waals surface area contributed by atoms with Gasteiger partial charge in [-0.1, -0.05) is 104 Å². The number of aromatic nitrogens is 2. The number of ether oxygens (including phenoxy) is 2. The Balaban J connectivity index is 0.000000534. The number of Topliss-reactive ketones (excluding diaryl/α,β-unsaturated/α-hetero) is 2. The Hall–Kier alpha value is -5.33. The lowest BCUT2D eigenvalue weighted by Gasteiger charge is -2.34. The Labute approximate surface area is 465 Å². The minimum Gasteiger partial charge on any atom is -0.457 e. The van der Waals surface area contributed by atoms with Crippen LogP contribution in [0.25, 0.3) is 22.6 Å². The maximum absolute atomic E-state index is 13.8. The Morgan fingerprint density at radius 1 is 0.709 bits per heavy atom. The molecule has 24 heteroatoms. The number of alkyl halides is 6. The monoisotopic (exact) mass is 1160 g/mol. The van der Waals surface area contributed by atoms with Crippen LogP contribution < -0.4 is 0 Å². The maximum Gasteiger partial charge on any atom is 0.412 e. The van der Waals surface area contributed by atoms with Crippen LogP contribution in [0.3, 0.4) is 0 Å². The first-order valence-electron chi connectivity index (χ1n) is 25.1. The largest absolute Gasteiger partial charge is 0.457 e. The number of azide groups is 1. The molecule has 0 aliphatic carbocycles. The van der Waals surface area contributed by atoms with Gasteiger partial charge < -0.3 is 35.0 Å². The van der Waals surface area contributed by atoms with Crippen LogP contribution in [-0.2, 0) is 41.8 Å². The van der Waals surface area contributed by atoms with Gasteiger partial charge >= 0.3 is 24.3 Å². The summed E-state index contributed by atoms with van der Waals surface area (Å²) in [6.07, 6.45) is -9.01. The molecule has 79 heavy (non-hydrogen) atoms. The number of aliphatic hydroxyl groups excluding tert-OH is 5. The number of cyclic esters (lactones) is 2. The Kier molecular flexibility index (Phi) is 26.9. The van der Waals surface area contributed by atoms with Crippen molar-refractivity contribution in [3.63, 3.8) is 0 Å². The molecule has 2 unspecified atom stereocenters. The van der Waals surface area contributed by atoms with Gasteiger partial charge in [-0.05, 0) is 55.5 Å². The summed E-state index contributed by atoms with van der Waals surface area (Å²) >= 11 is 2.44. The van der Waals surface area contributed by atoms with Crippen molar-refractivity contribution in [1.82, 2.24) is 9.97 Å². The summed E-state index contributed by atoms with van der Waals surface area (Å²) in [5.41, 5.74) is 5.69. The van der Waals surface area contributed by atoms with E-state index in [0.29, 0.717) is 32.5 Å². The fourth-order valence-corrected chi connectivity index (χ4v) is 9.74. The Morgan fingerprint density at radius 2 is 1.08 bits per heavy atom. The smallest absolute Gasteiger partial charge is 0.412 e. The minimum absolute atomic E-state index is 0. The van der Waals surface area contributed by atoms with Crippen molar-refractivity contribution in [2.24, 2.45) is 39.6 Å². The zero-order chi connectivity index (χ0) is 59.1. The van der Waals surface area contributed by atoms with Gasteiger partial charge in [0.05, 0.1) is 77.6 Å². The van der Waals surface area contributed by atoms with Gasteiger partial charge in [-0.2, -0.15) is 26.3 Å². The van der Waals surface area contributed by atoms with Crippen LogP contribution in [0.5, 0.6) is 0 Å². The molecule has 0 bridgehead atoms. The van der Waals surface area contributed by atoms with Crippen molar-refractivity contribution in [2.75, 3.05) is 0 Å². The van der Waals surface area contributed by atoms with E-state index in [1.165, 1.54) is 88.5 Å². The summed E-state index contributed by atoms with van der Waals surface area (Å²) < 4.78 is 93.8. The number of allylic oxidation sites excluding steroid dienone is 4.